The van der Waals surface area contributed by atoms with Crippen molar-refractivity contribution in [2.75, 3.05) is 0 Å². The van der Waals surface area contributed by atoms with Crippen molar-refractivity contribution in [3.63, 3.8) is 0 Å². The molecule has 0 unspecified atom stereocenters. The molecule has 0 atom stereocenters. The molecule has 0 bridgehead atoms. The molecular formula is C9H5Cl2NO2. The van der Waals surface area contributed by atoms with Crippen LogP contribution in [0.3, 0.4) is 0 Å². The van der Waals surface area contributed by atoms with Crippen molar-refractivity contribution in [2.45, 2.75) is 6.42 Å². The SMILES string of the molecule is O=C(O)CC#Cc1cnc(Cl)c(Cl)c1. The molecule has 0 aliphatic heterocycles. The van der Waals surface area contributed by atoms with E-state index in [-0.39, 0.29) is 11.6 Å². The lowest BCUT2D eigenvalue weighted by Gasteiger charge is -1.93. The van der Waals surface area contributed by atoms with Gasteiger partial charge in [-0.05, 0) is 6.07 Å². The first kappa shape index (κ1) is 10.8. The van der Waals surface area contributed by atoms with Gasteiger partial charge in [0.15, 0.2) is 0 Å². The Balaban J connectivity index is 2.81. The van der Waals surface area contributed by atoms with Gasteiger partial charge in [-0.1, -0.05) is 35.0 Å². The summed E-state index contributed by atoms with van der Waals surface area (Å²) in [5.41, 5.74) is 0.542. The standard InChI is InChI=1S/C9H5Cl2NO2/c10-7-4-6(5-12-9(7)11)2-1-3-8(13)14/h4-5H,3H2,(H,13,14). The van der Waals surface area contributed by atoms with Crippen LogP contribution in [0.1, 0.15) is 12.0 Å². The molecular weight excluding hydrogens is 225 g/mol. The molecule has 0 saturated heterocycles. The Labute approximate surface area is 90.7 Å². The quantitative estimate of drug-likeness (QED) is 0.594. The van der Waals surface area contributed by atoms with Gasteiger partial charge < -0.3 is 5.11 Å². The van der Waals surface area contributed by atoms with Crippen molar-refractivity contribution in [1.29, 1.82) is 0 Å². The minimum absolute atomic E-state index is 0.204. The van der Waals surface area contributed by atoms with Crippen molar-refractivity contribution in [2.24, 2.45) is 0 Å². The number of halogens is 2. The normalized spacial score (nSPS) is 9.00. The summed E-state index contributed by atoms with van der Waals surface area (Å²) in [6, 6.07) is 1.53. The first-order valence-corrected chi connectivity index (χ1v) is 4.37. The van der Waals surface area contributed by atoms with Gasteiger partial charge in [0, 0.05) is 11.8 Å². The van der Waals surface area contributed by atoms with Crippen LogP contribution in [0.5, 0.6) is 0 Å². The van der Waals surface area contributed by atoms with E-state index >= 15 is 0 Å². The number of rotatable bonds is 1. The lowest BCUT2D eigenvalue weighted by atomic mass is 10.3. The van der Waals surface area contributed by atoms with E-state index < -0.39 is 5.97 Å². The van der Waals surface area contributed by atoms with Gasteiger partial charge in [-0.3, -0.25) is 4.79 Å². The highest BCUT2D eigenvalue weighted by Gasteiger charge is 1.98. The van der Waals surface area contributed by atoms with Crippen LogP contribution in [0.2, 0.25) is 10.2 Å². The molecule has 0 aliphatic carbocycles. The topological polar surface area (TPSA) is 50.2 Å². The molecule has 3 nitrogen and oxygen atoms in total. The number of aliphatic carboxylic acids is 1. The number of pyridine rings is 1. The summed E-state index contributed by atoms with van der Waals surface area (Å²) in [4.78, 5) is 13.9. The number of carboxylic acids is 1. The molecule has 1 aromatic heterocycles. The summed E-state index contributed by atoms with van der Waals surface area (Å²) in [6.45, 7) is 0. The summed E-state index contributed by atoms with van der Waals surface area (Å²) in [5, 5.41) is 8.83. The van der Waals surface area contributed by atoms with E-state index in [1.807, 2.05) is 0 Å². The van der Waals surface area contributed by atoms with Gasteiger partial charge in [-0.2, -0.15) is 0 Å². The van der Waals surface area contributed by atoms with Crippen LogP contribution in [0.25, 0.3) is 0 Å². The monoisotopic (exact) mass is 229 g/mol. The van der Waals surface area contributed by atoms with E-state index in [0.29, 0.717) is 10.6 Å². The molecule has 0 saturated carbocycles. The maximum atomic E-state index is 10.1. The zero-order chi connectivity index (χ0) is 10.6. The first-order valence-electron chi connectivity index (χ1n) is 3.61. The van der Waals surface area contributed by atoms with Gasteiger partial charge >= 0.3 is 5.97 Å². The van der Waals surface area contributed by atoms with Crippen LogP contribution < -0.4 is 0 Å². The molecule has 0 amide bonds. The third-order valence-electron chi connectivity index (χ3n) is 1.27. The highest BCUT2D eigenvalue weighted by Crippen LogP contribution is 2.18. The molecule has 1 N–H and O–H groups in total. The second-order valence-corrected chi connectivity index (χ2v) is 3.13. The number of hydrogen-bond acceptors (Lipinski definition) is 2. The number of carbonyl (C=O) groups is 1. The zero-order valence-electron chi connectivity index (χ0n) is 6.92. The maximum absolute atomic E-state index is 10.1. The average molecular weight is 230 g/mol. The van der Waals surface area contributed by atoms with Crippen LogP contribution in [0.4, 0.5) is 0 Å². The van der Waals surface area contributed by atoms with Crippen LogP contribution in [-0.2, 0) is 4.79 Å². The molecule has 14 heavy (non-hydrogen) atoms. The lowest BCUT2D eigenvalue weighted by molar-refractivity contribution is -0.135. The van der Waals surface area contributed by atoms with Crippen molar-refractivity contribution in [3.05, 3.63) is 28.0 Å². The van der Waals surface area contributed by atoms with Crippen LogP contribution in [-0.4, -0.2) is 16.1 Å². The minimum atomic E-state index is -0.967. The van der Waals surface area contributed by atoms with Crippen LogP contribution >= 0.6 is 23.2 Å². The Bertz CT molecular complexity index is 421. The zero-order valence-corrected chi connectivity index (χ0v) is 8.43. The highest BCUT2D eigenvalue weighted by molar-refractivity contribution is 6.41. The fraction of sp³-hybridized carbons (Fsp3) is 0.111. The fourth-order valence-corrected chi connectivity index (χ4v) is 0.981. The van der Waals surface area contributed by atoms with Gasteiger partial charge in [-0.25, -0.2) is 4.98 Å². The largest absolute Gasteiger partial charge is 0.481 e. The molecule has 1 rings (SSSR count). The second-order valence-electron chi connectivity index (χ2n) is 2.37. The maximum Gasteiger partial charge on any atom is 0.315 e. The van der Waals surface area contributed by atoms with E-state index in [4.69, 9.17) is 28.3 Å². The van der Waals surface area contributed by atoms with E-state index in [9.17, 15) is 4.79 Å². The number of carboxylic acid groups (broad SMARTS) is 1. The summed E-state index contributed by atoms with van der Waals surface area (Å²) in [7, 11) is 0. The van der Waals surface area contributed by atoms with Crippen molar-refractivity contribution >= 4 is 29.2 Å². The van der Waals surface area contributed by atoms with Crippen LogP contribution in [0.15, 0.2) is 12.3 Å². The van der Waals surface area contributed by atoms with Crippen molar-refractivity contribution in [3.8, 4) is 11.8 Å². The van der Waals surface area contributed by atoms with Gasteiger partial charge in [0.1, 0.15) is 11.6 Å². The van der Waals surface area contributed by atoms with Gasteiger partial charge in [0.05, 0.1) is 5.02 Å². The van der Waals surface area contributed by atoms with E-state index in [1.165, 1.54) is 12.3 Å². The highest BCUT2D eigenvalue weighted by atomic mass is 35.5. The number of nitrogens with zero attached hydrogens (tertiary/aromatic N) is 1. The third-order valence-corrected chi connectivity index (χ3v) is 1.95. The lowest BCUT2D eigenvalue weighted by Crippen LogP contribution is -1.90. The van der Waals surface area contributed by atoms with Gasteiger partial charge in [-0.15, -0.1) is 0 Å². The average Bonchev–Trinajstić information content (AvgIpc) is 2.10. The summed E-state index contributed by atoms with van der Waals surface area (Å²) in [5.74, 6) is 4.10. The number of hydrogen-bond donors (Lipinski definition) is 1. The predicted octanol–water partition coefficient (Wildman–Crippen LogP) is 2.21. The minimum Gasteiger partial charge on any atom is -0.481 e. The molecule has 0 radical (unpaired) electrons. The summed E-state index contributed by atoms with van der Waals surface area (Å²) in [6.07, 6.45) is 1.23. The Hall–Kier alpha value is -1.24. The molecule has 1 aromatic rings. The van der Waals surface area contributed by atoms with E-state index in [2.05, 4.69) is 16.8 Å². The third kappa shape index (κ3) is 3.25. The Morgan fingerprint density at radius 3 is 2.86 bits per heavy atom. The Morgan fingerprint density at radius 1 is 1.57 bits per heavy atom. The second kappa shape index (κ2) is 4.85. The van der Waals surface area contributed by atoms with Gasteiger partial charge in [0.25, 0.3) is 0 Å². The number of aromatic nitrogens is 1. The van der Waals surface area contributed by atoms with Crippen LogP contribution in [0, 0.1) is 11.8 Å². The van der Waals surface area contributed by atoms with Gasteiger partial charge in [0.2, 0.25) is 0 Å². The molecule has 0 aliphatic rings. The molecule has 1 heterocycles. The van der Waals surface area contributed by atoms with Crippen molar-refractivity contribution in [1.82, 2.24) is 4.98 Å². The van der Waals surface area contributed by atoms with E-state index in [1.54, 1.807) is 0 Å². The first-order chi connectivity index (χ1) is 6.59. The Kier molecular flexibility index (Phi) is 3.75. The summed E-state index contributed by atoms with van der Waals surface area (Å²) >= 11 is 11.3. The van der Waals surface area contributed by atoms with E-state index in [0.717, 1.165) is 0 Å². The molecule has 0 fully saturated rings. The molecule has 0 spiro atoms. The molecule has 5 heteroatoms. The molecule has 0 aromatic carbocycles. The van der Waals surface area contributed by atoms with Crippen molar-refractivity contribution < 1.29 is 9.90 Å². The fourth-order valence-electron chi connectivity index (χ4n) is 0.711. The molecule has 72 valence electrons. The smallest absolute Gasteiger partial charge is 0.315 e. The summed E-state index contributed by atoms with van der Waals surface area (Å²) < 4.78 is 0. The predicted molar refractivity (Wildman–Crippen MR) is 53.4 cm³/mol. The Morgan fingerprint density at radius 2 is 2.29 bits per heavy atom.